The van der Waals surface area contributed by atoms with Gasteiger partial charge in [0.2, 0.25) is 5.91 Å². The molecule has 2 aromatic carbocycles. The van der Waals surface area contributed by atoms with Gasteiger partial charge in [0.1, 0.15) is 11.6 Å². The Labute approximate surface area is 225 Å². The molecule has 11 heteroatoms. The normalized spacial score (nSPS) is 15.5. The van der Waals surface area contributed by atoms with Crippen LogP contribution < -0.4 is 5.73 Å². The van der Waals surface area contributed by atoms with Crippen LogP contribution >= 0.6 is 24.8 Å². The highest BCUT2D eigenvalue weighted by atomic mass is 35.5. The van der Waals surface area contributed by atoms with E-state index >= 15 is 0 Å². The lowest BCUT2D eigenvalue weighted by atomic mass is 10.00. The molecule has 6 nitrogen and oxygen atoms in total. The van der Waals surface area contributed by atoms with Gasteiger partial charge in [0.25, 0.3) is 0 Å². The van der Waals surface area contributed by atoms with Crippen molar-refractivity contribution in [2.24, 2.45) is 5.73 Å². The Bertz CT molecular complexity index is 1080. The molecule has 0 aliphatic carbocycles. The Morgan fingerprint density at radius 2 is 1.64 bits per heavy atom. The van der Waals surface area contributed by atoms with Crippen LogP contribution in [0.25, 0.3) is 0 Å². The Morgan fingerprint density at radius 1 is 1.08 bits per heavy atom. The third-order valence-corrected chi connectivity index (χ3v) is 7.56. The number of amides is 1. The van der Waals surface area contributed by atoms with E-state index in [1.54, 1.807) is 12.1 Å². The number of rotatable bonds is 9. The second-order valence-electron chi connectivity index (χ2n) is 8.94. The fourth-order valence-corrected chi connectivity index (χ4v) is 5.13. The van der Waals surface area contributed by atoms with Crippen molar-refractivity contribution >= 4 is 40.6 Å². The van der Waals surface area contributed by atoms with Crippen molar-refractivity contribution < 1.29 is 22.0 Å². The van der Waals surface area contributed by atoms with Crippen molar-refractivity contribution in [2.45, 2.75) is 49.6 Å². The molecular weight excluding hydrogens is 531 g/mol. The molecule has 36 heavy (non-hydrogen) atoms. The molecule has 1 heterocycles. The summed E-state index contributed by atoms with van der Waals surface area (Å²) in [7, 11) is -3.26. The number of nitrogens with zero attached hydrogens (tertiary/aromatic N) is 2. The predicted octanol–water partition coefficient (Wildman–Crippen LogP) is 4.16. The average molecular weight is 567 g/mol. The zero-order chi connectivity index (χ0) is 24.9. The van der Waals surface area contributed by atoms with E-state index in [1.165, 1.54) is 24.3 Å². The summed E-state index contributed by atoms with van der Waals surface area (Å²) in [5, 5.41) is 0. The summed E-state index contributed by atoms with van der Waals surface area (Å²) in [6, 6.07) is 9.56. The van der Waals surface area contributed by atoms with Gasteiger partial charge in [-0.15, -0.1) is 24.8 Å². The maximum Gasteiger partial charge on any atom is 0.227 e. The van der Waals surface area contributed by atoms with Gasteiger partial charge in [-0.2, -0.15) is 0 Å². The topological polar surface area (TPSA) is 83.7 Å². The number of hydrogen-bond acceptors (Lipinski definition) is 5. The van der Waals surface area contributed by atoms with Crippen molar-refractivity contribution in [3.8, 4) is 0 Å². The maximum atomic E-state index is 13.4. The minimum atomic E-state index is -3.26. The summed E-state index contributed by atoms with van der Waals surface area (Å²) in [6.45, 7) is 4.94. The number of benzene rings is 2. The number of likely N-dealkylation sites (tertiary alicyclic amines) is 1. The fraction of sp³-hybridized carbons (Fsp3) is 0.480. The molecule has 2 aromatic rings. The molecule has 0 bridgehead atoms. The Hall–Kier alpha value is -1.78. The molecule has 0 saturated carbocycles. The number of carbonyl (C=O) groups excluding carboxylic acids is 1. The van der Waals surface area contributed by atoms with Crippen LogP contribution in [0.3, 0.4) is 0 Å². The number of likely N-dealkylation sites (N-methyl/N-ethyl adjacent to an activating group) is 1. The quantitative estimate of drug-likeness (QED) is 0.493. The summed E-state index contributed by atoms with van der Waals surface area (Å²) in [4.78, 5) is 17.4. The van der Waals surface area contributed by atoms with E-state index in [2.05, 4.69) is 4.90 Å². The Morgan fingerprint density at radius 3 is 2.14 bits per heavy atom. The van der Waals surface area contributed by atoms with Crippen LogP contribution in [0.15, 0.2) is 47.4 Å². The first-order chi connectivity index (χ1) is 16.1. The van der Waals surface area contributed by atoms with Crippen LogP contribution in [-0.2, 0) is 21.1 Å². The summed E-state index contributed by atoms with van der Waals surface area (Å²) in [5.41, 5.74) is 7.39. The van der Waals surface area contributed by atoms with Crippen LogP contribution in [0.5, 0.6) is 0 Å². The highest BCUT2D eigenvalue weighted by Crippen LogP contribution is 2.21. The molecule has 3 rings (SSSR count). The highest BCUT2D eigenvalue weighted by Gasteiger charge is 2.27. The molecule has 1 fully saturated rings. The van der Waals surface area contributed by atoms with Gasteiger partial charge in [-0.25, -0.2) is 17.2 Å². The summed E-state index contributed by atoms with van der Waals surface area (Å²) in [6.07, 6.45) is 3.67. The molecule has 1 amide bonds. The van der Waals surface area contributed by atoms with Gasteiger partial charge in [0.05, 0.1) is 11.3 Å². The van der Waals surface area contributed by atoms with Gasteiger partial charge in [-0.3, -0.25) is 4.79 Å². The first kappa shape index (κ1) is 32.2. The van der Waals surface area contributed by atoms with E-state index in [1.807, 2.05) is 11.8 Å². The Balaban J connectivity index is 0.00000324. The monoisotopic (exact) mass is 565 g/mol. The van der Waals surface area contributed by atoms with E-state index < -0.39 is 27.5 Å². The third-order valence-electron chi connectivity index (χ3n) is 6.44. The molecule has 202 valence electrons. The first-order valence-corrected chi connectivity index (χ1v) is 13.5. The fourth-order valence-electron chi connectivity index (χ4n) is 4.50. The van der Waals surface area contributed by atoms with Gasteiger partial charge >= 0.3 is 0 Å². The number of sulfone groups is 1. The van der Waals surface area contributed by atoms with Crippen molar-refractivity contribution in [2.75, 3.05) is 32.4 Å². The molecule has 0 aromatic heterocycles. The number of halogens is 4. The van der Waals surface area contributed by atoms with E-state index in [9.17, 15) is 22.0 Å². The van der Waals surface area contributed by atoms with Gasteiger partial charge in [-0.05, 0) is 68.1 Å². The number of nitrogens with two attached hydrogens (primary N) is 1. The van der Waals surface area contributed by atoms with Crippen LogP contribution in [0.4, 0.5) is 8.78 Å². The molecule has 0 radical (unpaired) electrons. The molecule has 1 aliphatic rings. The number of hydrogen-bond donors (Lipinski definition) is 1. The second-order valence-corrected chi connectivity index (χ2v) is 11.0. The lowest BCUT2D eigenvalue weighted by Crippen LogP contribution is -2.48. The molecule has 0 spiro atoms. The molecule has 1 aliphatic heterocycles. The minimum absolute atomic E-state index is 0. The van der Waals surface area contributed by atoms with Gasteiger partial charge in [0, 0.05) is 44.0 Å². The first-order valence-electron chi connectivity index (χ1n) is 11.6. The van der Waals surface area contributed by atoms with Crippen molar-refractivity contribution in [1.29, 1.82) is 0 Å². The lowest BCUT2D eigenvalue weighted by Gasteiger charge is -2.38. The van der Waals surface area contributed by atoms with Crippen molar-refractivity contribution in [1.82, 2.24) is 9.80 Å². The van der Waals surface area contributed by atoms with Gasteiger partial charge < -0.3 is 15.5 Å². The molecule has 1 atom stereocenters. The van der Waals surface area contributed by atoms with E-state index in [0.29, 0.717) is 18.5 Å². The lowest BCUT2D eigenvalue weighted by molar-refractivity contribution is -0.133. The molecule has 1 saturated heterocycles. The van der Waals surface area contributed by atoms with Gasteiger partial charge in [-0.1, -0.05) is 12.1 Å². The van der Waals surface area contributed by atoms with E-state index in [4.69, 9.17) is 5.73 Å². The van der Waals surface area contributed by atoms with Crippen LogP contribution in [0, 0.1) is 11.6 Å². The van der Waals surface area contributed by atoms with E-state index in [-0.39, 0.29) is 48.1 Å². The van der Waals surface area contributed by atoms with Crippen LogP contribution in [-0.4, -0.2) is 62.6 Å². The minimum Gasteiger partial charge on any atom is -0.340 e. The van der Waals surface area contributed by atoms with Gasteiger partial charge in [0.15, 0.2) is 9.84 Å². The summed E-state index contributed by atoms with van der Waals surface area (Å²) >= 11 is 0. The van der Waals surface area contributed by atoms with E-state index in [0.717, 1.165) is 50.4 Å². The molecular formula is C25H35Cl2F2N3O3S. The van der Waals surface area contributed by atoms with Crippen LogP contribution in [0.1, 0.15) is 43.4 Å². The number of carbonyl (C=O) groups is 1. The number of piperidine rings is 1. The largest absolute Gasteiger partial charge is 0.340 e. The summed E-state index contributed by atoms with van der Waals surface area (Å²) < 4.78 is 50.1. The predicted molar refractivity (Wildman–Crippen MR) is 143 cm³/mol. The van der Waals surface area contributed by atoms with Crippen molar-refractivity contribution in [3.05, 3.63) is 65.2 Å². The second kappa shape index (κ2) is 14.2. The standard InChI is InChI=1S/C25H33F2N3O3S.2ClH/c1-3-30(25(31)14-18-4-6-23(7-5-18)34(2,32)33)22-8-11-29(12-9-22)13-10-24(28)19-15-20(26)17-21(27)16-19;;/h4-7,15-17,22,24H,3,8-14,28H2,1-2H3;2*1H/t24-;;/m0../s1. The smallest absolute Gasteiger partial charge is 0.227 e. The molecule has 0 unspecified atom stereocenters. The third kappa shape index (κ3) is 8.95. The average Bonchev–Trinajstić information content (AvgIpc) is 2.78. The zero-order valence-electron chi connectivity index (χ0n) is 20.5. The summed E-state index contributed by atoms with van der Waals surface area (Å²) in [5.74, 6) is -1.22. The SMILES string of the molecule is CCN(C(=O)Cc1ccc(S(C)(=O)=O)cc1)C1CCN(CC[C@H](N)c2cc(F)cc(F)c2)CC1.Cl.Cl. The Kier molecular flexibility index (Phi) is 12.8. The molecule has 2 N–H and O–H groups in total. The van der Waals surface area contributed by atoms with Crippen molar-refractivity contribution in [3.63, 3.8) is 0 Å². The maximum absolute atomic E-state index is 13.4. The zero-order valence-corrected chi connectivity index (χ0v) is 23.0. The highest BCUT2D eigenvalue weighted by molar-refractivity contribution is 7.90. The van der Waals surface area contributed by atoms with Crippen LogP contribution in [0.2, 0.25) is 0 Å².